The third-order valence-corrected chi connectivity index (χ3v) is 4.79. The fourth-order valence-corrected chi connectivity index (χ4v) is 3.70. The fourth-order valence-electron chi connectivity index (χ4n) is 2.09. The number of pyridine rings is 1. The van der Waals surface area contributed by atoms with Crippen molar-refractivity contribution in [1.82, 2.24) is 4.98 Å². The molecule has 0 saturated carbocycles. The minimum Gasteiger partial charge on any atom is -0.478 e. The minimum atomic E-state index is -4.12. The number of carbonyl (C=O) groups excluding carboxylic acids is 1. The molecule has 7 nitrogen and oxygen atoms in total. The van der Waals surface area contributed by atoms with Crippen molar-refractivity contribution in [3.8, 4) is 0 Å². The Morgan fingerprint density at radius 1 is 1.24 bits per heavy atom. The zero-order valence-corrected chi connectivity index (χ0v) is 11.2. The molecule has 0 atom stereocenters. The van der Waals surface area contributed by atoms with Gasteiger partial charge < -0.3 is 5.11 Å². The lowest BCUT2D eigenvalue weighted by atomic mass is 10.1. The smallest absolute Gasteiger partial charge is 0.335 e. The molecule has 0 aliphatic carbocycles. The lowest BCUT2D eigenvalue weighted by molar-refractivity contribution is 0.0696. The molecule has 1 amide bonds. The summed E-state index contributed by atoms with van der Waals surface area (Å²) >= 11 is 0. The van der Waals surface area contributed by atoms with Gasteiger partial charge in [0.25, 0.3) is 15.9 Å². The van der Waals surface area contributed by atoms with E-state index in [0.717, 1.165) is 6.07 Å². The van der Waals surface area contributed by atoms with Crippen LogP contribution in [0, 0.1) is 0 Å². The van der Waals surface area contributed by atoms with Crippen LogP contribution in [0.25, 0.3) is 0 Å². The van der Waals surface area contributed by atoms with Gasteiger partial charge in [0.15, 0.2) is 0 Å². The molecule has 21 heavy (non-hydrogen) atoms. The van der Waals surface area contributed by atoms with E-state index in [4.69, 9.17) is 5.11 Å². The molecule has 0 radical (unpaired) electrons. The Balaban J connectivity index is 2.22. The highest BCUT2D eigenvalue weighted by Gasteiger charge is 2.42. The number of rotatable bonds is 2. The number of carbonyl (C=O) groups is 2. The van der Waals surface area contributed by atoms with Crippen LogP contribution in [-0.2, 0) is 10.0 Å². The molecule has 0 unspecified atom stereocenters. The van der Waals surface area contributed by atoms with Crippen molar-refractivity contribution in [2.75, 3.05) is 4.31 Å². The van der Waals surface area contributed by atoms with Crippen LogP contribution in [0.15, 0.2) is 47.6 Å². The Morgan fingerprint density at radius 3 is 2.62 bits per heavy atom. The van der Waals surface area contributed by atoms with E-state index in [0.29, 0.717) is 4.31 Å². The maximum absolute atomic E-state index is 12.5. The molecule has 3 rings (SSSR count). The van der Waals surface area contributed by atoms with Crippen molar-refractivity contribution in [2.45, 2.75) is 4.90 Å². The third-order valence-electron chi connectivity index (χ3n) is 3.04. The molecule has 0 fully saturated rings. The molecular formula is C13H8N2O5S. The molecule has 0 bridgehead atoms. The summed E-state index contributed by atoms with van der Waals surface area (Å²) in [5, 5.41) is 8.93. The van der Waals surface area contributed by atoms with Gasteiger partial charge in [0.1, 0.15) is 4.90 Å². The van der Waals surface area contributed by atoms with E-state index in [9.17, 15) is 18.0 Å². The van der Waals surface area contributed by atoms with Crippen LogP contribution in [0.5, 0.6) is 0 Å². The van der Waals surface area contributed by atoms with Crippen molar-refractivity contribution in [1.29, 1.82) is 0 Å². The van der Waals surface area contributed by atoms with E-state index >= 15 is 0 Å². The third kappa shape index (κ3) is 1.88. The molecular weight excluding hydrogens is 296 g/mol. The standard InChI is InChI=1S/C13H8N2O5S/c16-12-10-4-3-8(13(17)18)6-11(10)21(19,20)15(12)9-2-1-5-14-7-9/h1-7H,(H,17,18). The topological polar surface area (TPSA) is 105 Å². The quantitative estimate of drug-likeness (QED) is 0.891. The first-order chi connectivity index (χ1) is 9.93. The van der Waals surface area contributed by atoms with Crippen molar-refractivity contribution in [3.05, 3.63) is 53.9 Å². The van der Waals surface area contributed by atoms with E-state index < -0.39 is 21.9 Å². The van der Waals surface area contributed by atoms with E-state index in [2.05, 4.69) is 4.98 Å². The second kappa shape index (κ2) is 4.38. The fraction of sp³-hybridized carbons (Fsp3) is 0. The minimum absolute atomic E-state index is 0.0520. The molecule has 2 heterocycles. The number of nitrogens with zero attached hydrogens (tertiary/aromatic N) is 2. The summed E-state index contributed by atoms with van der Waals surface area (Å²) in [4.78, 5) is 26.7. The maximum atomic E-state index is 12.5. The average Bonchev–Trinajstić information content (AvgIpc) is 2.66. The first kappa shape index (κ1) is 13.3. The molecule has 0 saturated heterocycles. The summed E-state index contributed by atoms with van der Waals surface area (Å²) in [5.74, 6) is -1.99. The van der Waals surface area contributed by atoms with Gasteiger partial charge in [0.05, 0.1) is 23.0 Å². The summed E-state index contributed by atoms with van der Waals surface area (Å²) in [6.07, 6.45) is 2.70. The van der Waals surface area contributed by atoms with Gasteiger partial charge in [-0.3, -0.25) is 9.78 Å². The van der Waals surface area contributed by atoms with Crippen LogP contribution in [0.1, 0.15) is 20.7 Å². The van der Waals surface area contributed by atoms with Crippen molar-refractivity contribution in [3.63, 3.8) is 0 Å². The first-order valence-electron chi connectivity index (χ1n) is 5.80. The number of hydrogen-bond acceptors (Lipinski definition) is 5. The van der Waals surface area contributed by atoms with Gasteiger partial charge in [0.2, 0.25) is 0 Å². The highest BCUT2D eigenvalue weighted by molar-refractivity contribution is 7.94. The molecule has 1 aliphatic heterocycles. The van der Waals surface area contributed by atoms with Crippen LogP contribution in [0.4, 0.5) is 5.69 Å². The normalized spacial score (nSPS) is 15.8. The molecule has 8 heteroatoms. The van der Waals surface area contributed by atoms with Crippen molar-refractivity contribution < 1.29 is 23.1 Å². The largest absolute Gasteiger partial charge is 0.478 e. The number of anilines is 1. The van der Waals surface area contributed by atoms with Crippen LogP contribution in [-0.4, -0.2) is 30.4 Å². The van der Waals surface area contributed by atoms with Crippen LogP contribution in [0.3, 0.4) is 0 Å². The van der Waals surface area contributed by atoms with E-state index in [1.807, 2.05) is 0 Å². The highest BCUT2D eigenvalue weighted by atomic mass is 32.2. The van der Waals surface area contributed by atoms with Gasteiger partial charge in [-0.15, -0.1) is 0 Å². The zero-order valence-electron chi connectivity index (χ0n) is 10.4. The van der Waals surface area contributed by atoms with Crippen molar-refractivity contribution >= 4 is 27.6 Å². The molecule has 1 aliphatic rings. The molecule has 1 aromatic heterocycles. The number of carboxylic acids is 1. The number of aromatic carboxylic acids is 1. The van der Waals surface area contributed by atoms with E-state index in [-0.39, 0.29) is 21.7 Å². The summed E-state index contributed by atoms with van der Waals surface area (Å²) in [5.41, 5.74) is -0.141. The van der Waals surface area contributed by atoms with Gasteiger partial charge >= 0.3 is 5.97 Å². The zero-order chi connectivity index (χ0) is 15.2. The lowest BCUT2D eigenvalue weighted by Gasteiger charge is -2.13. The summed E-state index contributed by atoms with van der Waals surface area (Å²) in [6, 6.07) is 6.33. The number of hydrogen-bond donors (Lipinski definition) is 1. The molecule has 1 aromatic carbocycles. The van der Waals surface area contributed by atoms with Gasteiger partial charge in [-0.05, 0) is 30.3 Å². The van der Waals surface area contributed by atoms with Gasteiger partial charge in [0, 0.05) is 6.20 Å². The van der Waals surface area contributed by atoms with Crippen LogP contribution >= 0.6 is 0 Å². The Kier molecular flexibility index (Phi) is 2.77. The number of carboxylic acid groups (broad SMARTS) is 1. The number of aromatic nitrogens is 1. The Hall–Kier alpha value is -2.74. The Bertz CT molecular complexity index is 861. The van der Waals surface area contributed by atoms with E-state index in [1.165, 1.54) is 36.7 Å². The SMILES string of the molecule is O=C(O)c1ccc2c(c1)S(=O)(=O)N(c1cccnc1)C2=O. The van der Waals surface area contributed by atoms with Gasteiger partial charge in [-0.25, -0.2) is 13.2 Å². The summed E-state index contributed by atoms with van der Waals surface area (Å²) < 4.78 is 25.5. The first-order valence-corrected chi connectivity index (χ1v) is 7.24. The Morgan fingerprint density at radius 2 is 2.00 bits per heavy atom. The average molecular weight is 304 g/mol. The van der Waals surface area contributed by atoms with Crippen LogP contribution < -0.4 is 4.31 Å². The Labute approximate surface area is 119 Å². The second-order valence-corrected chi connectivity index (χ2v) is 6.06. The number of fused-ring (bicyclic) bond motifs is 1. The molecule has 1 N–H and O–H groups in total. The van der Waals surface area contributed by atoms with Crippen molar-refractivity contribution in [2.24, 2.45) is 0 Å². The predicted molar refractivity (Wildman–Crippen MR) is 71.6 cm³/mol. The monoisotopic (exact) mass is 304 g/mol. The van der Waals surface area contributed by atoms with Gasteiger partial charge in [-0.2, -0.15) is 4.31 Å². The number of sulfonamides is 1. The number of amides is 1. The highest BCUT2D eigenvalue weighted by Crippen LogP contribution is 2.34. The predicted octanol–water partition coefficient (Wildman–Crippen LogP) is 1.13. The summed E-state index contributed by atoms with van der Waals surface area (Å²) in [7, 11) is -4.12. The molecule has 0 spiro atoms. The maximum Gasteiger partial charge on any atom is 0.335 e. The summed E-state index contributed by atoms with van der Waals surface area (Å²) in [6.45, 7) is 0. The molecule has 106 valence electrons. The molecule has 2 aromatic rings. The van der Waals surface area contributed by atoms with Gasteiger partial charge in [-0.1, -0.05) is 0 Å². The number of benzene rings is 1. The van der Waals surface area contributed by atoms with E-state index in [1.54, 1.807) is 0 Å². The second-order valence-electron chi connectivity index (χ2n) is 4.30. The van der Waals surface area contributed by atoms with Crippen LogP contribution in [0.2, 0.25) is 0 Å². The lowest BCUT2D eigenvalue weighted by Crippen LogP contribution is -2.29.